The van der Waals surface area contributed by atoms with Gasteiger partial charge in [-0.3, -0.25) is 14.4 Å². The average molecular weight is 389 g/mol. The van der Waals surface area contributed by atoms with Crippen molar-refractivity contribution in [3.05, 3.63) is 100.0 Å². The molecule has 6 nitrogen and oxygen atoms in total. The standard InChI is InChI=1S/C23H23N3O3/c1-16-12-13-26(22(28)14-16)15-21(27)25-20-11-7-6-10-19(20)23(29)24-17(2)18-8-4-3-5-9-18/h3-14,17H,15H2,1-2H3,(H,24,29)(H,25,27). The number of para-hydroxylation sites is 1. The number of hydrogen-bond acceptors (Lipinski definition) is 3. The Hall–Kier alpha value is -3.67. The fourth-order valence-corrected chi connectivity index (χ4v) is 2.97. The van der Waals surface area contributed by atoms with Gasteiger partial charge in [-0.25, -0.2) is 0 Å². The van der Waals surface area contributed by atoms with Crippen molar-refractivity contribution in [1.29, 1.82) is 0 Å². The maximum absolute atomic E-state index is 12.8. The van der Waals surface area contributed by atoms with Crippen LogP contribution in [0.1, 0.15) is 34.5 Å². The molecule has 0 radical (unpaired) electrons. The Bertz CT molecular complexity index is 1070. The van der Waals surface area contributed by atoms with Gasteiger partial charge in [-0.2, -0.15) is 0 Å². The van der Waals surface area contributed by atoms with E-state index in [2.05, 4.69) is 10.6 Å². The number of carbonyl (C=O) groups excluding carboxylic acids is 2. The Morgan fingerprint density at radius 2 is 1.69 bits per heavy atom. The zero-order valence-electron chi connectivity index (χ0n) is 16.4. The van der Waals surface area contributed by atoms with E-state index >= 15 is 0 Å². The van der Waals surface area contributed by atoms with Crippen molar-refractivity contribution in [2.75, 3.05) is 5.32 Å². The van der Waals surface area contributed by atoms with E-state index in [4.69, 9.17) is 0 Å². The zero-order chi connectivity index (χ0) is 20.8. The molecule has 29 heavy (non-hydrogen) atoms. The zero-order valence-corrected chi connectivity index (χ0v) is 16.4. The molecule has 0 spiro atoms. The van der Waals surface area contributed by atoms with Gasteiger partial charge in [0.05, 0.1) is 17.3 Å². The molecule has 2 N–H and O–H groups in total. The first-order chi connectivity index (χ1) is 13.9. The molecule has 2 amide bonds. The lowest BCUT2D eigenvalue weighted by molar-refractivity contribution is -0.116. The van der Waals surface area contributed by atoms with Crippen LogP contribution in [0.3, 0.4) is 0 Å². The van der Waals surface area contributed by atoms with Crippen molar-refractivity contribution < 1.29 is 9.59 Å². The molecular formula is C23H23N3O3. The van der Waals surface area contributed by atoms with Crippen LogP contribution in [0.25, 0.3) is 0 Å². The van der Waals surface area contributed by atoms with Crippen LogP contribution in [-0.2, 0) is 11.3 Å². The third-order valence-electron chi connectivity index (χ3n) is 4.56. The van der Waals surface area contributed by atoms with Crippen molar-refractivity contribution in [3.8, 4) is 0 Å². The summed E-state index contributed by atoms with van der Waals surface area (Å²) in [6.45, 7) is 3.59. The molecule has 148 valence electrons. The summed E-state index contributed by atoms with van der Waals surface area (Å²) in [6.07, 6.45) is 1.58. The minimum absolute atomic E-state index is 0.129. The minimum atomic E-state index is -0.382. The van der Waals surface area contributed by atoms with E-state index in [-0.39, 0.29) is 30.0 Å². The summed E-state index contributed by atoms with van der Waals surface area (Å²) in [5, 5.41) is 5.68. The average Bonchev–Trinajstić information content (AvgIpc) is 2.71. The van der Waals surface area contributed by atoms with Gasteiger partial charge in [0.2, 0.25) is 5.91 Å². The van der Waals surface area contributed by atoms with Gasteiger partial charge in [-0.15, -0.1) is 0 Å². The number of nitrogens with zero attached hydrogens (tertiary/aromatic N) is 1. The largest absolute Gasteiger partial charge is 0.345 e. The highest BCUT2D eigenvalue weighted by Gasteiger charge is 2.16. The maximum Gasteiger partial charge on any atom is 0.253 e. The van der Waals surface area contributed by atoms with Crippen LogP contribution in [-0.4, -0.2) is 16.4 Å². The highest BCUT2D eigenvalue weighted by molar-refractivity contribution is 6.03. The first-order valence-electron chi connectivity index (χ1n) is 9.36. The minimum Gasteiger partial charge on any atom is -0.345 e. The molecule has 6 heteroatoms. The number of aromatic nitrogens is 1. The molecule has 0 aliphatic rings. The number of nitrogens with one attached hydrogen (secondary N) is 2. The van der Waals surface area contributed by atoms with Gasteiger partial charge >= 0.3 is 0 Å². The molecule has 2 aromatic carbocycles. The number of carbonyl (C=O) groups is 2. The lowest BCUT2D eigenvalue weighted by Crippen LogP contribution is -2.29. The second-order valence-corrected chi connectivity index (χ2v) is 6.87. The molecule has 1 heterocycles. The van der Waals surface area contributed by atoms with Crippen molar-refractivity contribution in [1.82, 2.24) is 9.88 Å². The molecule has 0 saturated heterocycles. The quantitative estimate of drug-likeness (QED) is 0.679. The van der Waals surface area contributed by atoms with Gasteiger partial charge in [0, 0.05) is 12.3 Å². The summed E-state index contributed by atoms with van der Waals surface area (Å²) in [4.78, 5) is 37.2. The first kappa shape index (κ1) is 20.1. The summed E-state index contributed by atoms with van der Waals surface area (Å²) in [6, 6.07) is 19.5. The maximum atomic E-state index is 12.8. The fraction of sp³-hybridized carbons (Fsp3) is 0.174. The number of rotatable bonds is 6. The van der Waals surface area contributed by atoms with Crippen LogP contribution < -0.4 is 16.2 Å². The van der Waals surface area contributed by atoms with Crippen LogP contribution in [0.4, 0.5) is 5.69 Å². The summed E-state index contributed by atoms with van der Waals surface area (Å²) >= 11 is 0. The Balaban J connectivity index is 1.72. The monoisotopic (exact) mass is 389 g/mol. The molecule has 0 fully saturated rings. The highest BCUT2D eigenvalue weighted by atomic mass is 16.2. The number of anilines is 1. The topological polar surface area (TPSA) is 80.2 Å². The normalized spacial score (nSPS) is 11.5. The van der Waals surface area contributed by atoms with E-state index in [1.165, 1.54) is 10.6 Å². The summed E-state index contributed by atoms with van der Waals surface area (Å²) in [7, 11) is 0. The van der Waals surface area contributed by atoms with E-state index < -0.39 is 0 Å². The van der Waals surface area contributed by atoms with E-state index in [1.807, 2.05) is 44.2 Å². The summed E-state index contributed by atoms with van der Waals surface area (Å²) in [5.41, 5.74) is 2.33. The highest BCUT2D eigenvalue weighted by Crippen LogP contribution is 2.18. The molecule has 1 aromatic heterocycles. The fourth-order valence-electron chi connectivity index (χ4n) is 2.97. The van der Waals surface area contributed by atoms with Crippen molar-refractivity contribution in [3.63, 3.8) is 0 Å². The first-order valence-corrected chi connectivity index (χ1v) is 9.36. The molecule has 0 aliphatic heterocycles. The van der Waals surface area contributed by atoms with Crippen LogP contribution in [0.5, 0.6) is 0 Å². The predicted octanol–water partition coefficient (Wildman–Crippen LogP) is 3.29. The predicted molar refractivity (Wildman–Crippen MR) is 113 cm³/mol. The van der Waals surface area contributed by atoms with Crippen LogP contribution >= 0.6 is 0 Å². The lowest BCUT2D eigenvalue weighted by Gasteiger charge is -2.16. The molecule has 1 atom stereocenters. The summed E-state index contributed by atoms with van der Waals surface area (Å²) in [5.74, 6) is -0.669. The third kappa shape index (κ3) is 5.19. The number of aryl methyl sites for hydroxylation is 1. The Labute approximate surface area is 169 Å². The van der Waals surface area contributed by atoms with E-state index in [9.17, 15) is 14.4 Å². The van der Waals surface area contributed by atoms with Gasteiger partial charge in [-0.1, -0.05) is 42.5 Å². The molecular weight excluding hydrogens is 366 g/mol. The van der Waals surface area contributed by atoms with Gasteiger partial charge in [0.15, 0.2) is 0 Å². The smallest absolute Gasteiger partial charge is 0.253 e. The van der Waals surface area contributed by atoms with Crippen molar-refractivity contribution in [2.45, 2.75) is 26.4 Å². The molecule has 0 saturated carbocycles. The Kier molecular flexibility index (Phi) is 6.24. The Morgan fingerprint density at radius 1 is 1.00 bits per heavy atom. The number of pyridine rings is 1. The number of amides is 2. The third-order valence-corrected chi connectivity index (χ3v) is 4.56. The molecule has 1 unspecified atom stereocenters. The molecule has 0 bridgehead atoms. The second kappa shape index (κ2) is 9.01. The van der Waals surface area contributed by atoms with Crippen LogP contribution in [0.15, 0.2) is 77.7 Å². The van der Waals surface area contributed by atoms with Crippen LogP contribution in [0, 0.1) is 6.92 Å². The second-order valence-electron chi connectivity index (χ2n) is 6.87. The molecule has 0 aliphatic carbocycles. The van der Waals surface area contributed by atoms with E-state index in [1.54, 1.807) is 36.5 Å². The molecule has 3 rings (SSSR count). The molecule has 3 aromatic rings. The number of benzene rings is 2. The number of hydrogen-bond donors (Lipinski definition) is 2. The van der Waals surface area contributed by atoms with Crippen LogP contribution in [0.2, 0.25) is 0 Å². The van der Waals surface area contributed by atoms with Gasteiger partial charge in [0.1, 0.15) is 6.54 Å². The lowest BCUT2D eigenvalue weighted by atomic mass is 10.1. The van der Waals surface area contributed by atoms with Crippen molar-refractivity contribution >= 4 is 17.5 Å². The van der Waals surface area contributed by atoms with E-state index in [0.717, 1.165) is 11.1 Å². The SMILES string of the molecule is Cc1ccn(CC(=O)Nc2ccccc2C(=O)NC(C)c2ccccc2)c(=O)c1. The van der Waals surface area contributed by atoms with Gasteiger partial charge < -0.3 is 15.2 Å². The van der Waals surface area contributed by atoms with Gasteiger partial charge in [-0.05, 0) is 43.2 Å². The van der Waals surface area contributed by atoms with E-state index in [0.29, 0.717) is 11.3 Å². The van der Waals surface area contributed by atoms with Crippen molar-refractivity contribution in [2.24, 2.45) is 0 Å². The Morgan fingerprint density at radius 3 is 2.41 bits per heavy atom. The summed E-state index contributed by atoms with van der Waals surface area (Å²) < 4.78 is 1.32. The van der Waals surface area contributed by atoms with Gasteiger partial charge in [0.25, 0.3) is 11.5 Å².